The van der Waals surface area contributed by atoms with Crippen LogP contribution in [0.25, 0.3) is 0 Å². The van der Waals surface area contributed by atoms with E-state index in [1.165, 1.54) is 0 Å². The van der Waals surface area contributed by atoms with Crippen LogP contribution in [0.15, 0.2) is 42.5 Å². The lowest BCUT2D eigenvalue weighted by Crippen LogP contribution is -2.30. The fourth-order valence-electron chi connectivity index (χ4n) is 2.36. The van der Waals surface area contributed by atoms with Crippen molar-refractivity contribution in [2.45, 2.75) is 13.3 Å². The number of thiocarbonyl (C=S) groups is 1. The molecule has 0 aromatic heterocycles. The van der Waals surface area contributed by atoms with Gasteiger partial charge < -0.3 is 24.8 Å². The molecule has 0 saturated carbocycles. The summed E-state index contributed by atoms with van der Waals surface area (Å²) in [5, 5.41) is 6.95. The zero-order valence-electron chi connectivity index (χ0n) is 14.8. The van der Waals surface area contributed by atoms with Crippen LogP contribution in [0.2, 0.25) is 0 Å². The number of methoxy groups -OCH3 is 2. The van der Waals surface area contributed by atoms with Gasteiger partial charge in [-0.1, -0.05) is 12.1 Å². The Morgan fingerprint density at radius 1 is 1.04 bits per heavy atom. The highest BCUT2D eigenvalue weighted by Gasteiger charge is 2.05. The fraction of sp³-hybridized carbons (Fsp3) is 0.316. The van der Waals surface area contributed by atoms with E-state index in [9.17, 15) is 0 Å². The molecule has 0 bridgehead atoms. The van der Waals surface area contributed by atoms with Crippen LogP contribution in [-0.4, -0.2) is 32.5 Å². The molecule has 2 N–H and O–H groups in total. The highest BCUT2D eigenvalue weighted by atomic mass is 32.1. The largest absolute Gasteiger partial charge is 0.494 e. The molecule has 0 fully saturated rings. The van der Waals surface area contributed by atoms with E-state index >= 15 is 0 Å². The molecule has 0 aliphatic heterocycles. The molecule has 134 valence electrons. The Balaban J connectivity index is 1.83. The minimum absolute atomic E-state index is 0.578. The summed E-state index contributed by atoms with van der Waals surface area (Å²) < 4.78 is 16.0. The third-order valence-electron chi connectivity index (χ3n) is 3.55. The van der Waals surface area contributed by atoms with Crippen molar-refractivity contribution in [3.05, 3.63) is 48.0 Å². The highest BCUT2D eigenvalue weighted by Crippen LogP contribution is 2.27. The van der Waals surface area contributed by atoms with Gasteiger partial charge in [-0.25, -0.2) is 0 Å². The predicted molar refractivity (Wildman–Crippen MR) is 105 cm³/mol. The molecule has 5 nitrogen and oxygen atoms in total. The Bertz CT molecular complexity index is 707. The van der Waals surface area contributed by atoms with E-state index < -0.39 is 0 Å². The Hall–Kier alpha value is -2.47. The van der Waals surface area contributed by atoms with Gasteiger partial charge in [0.1, 0.15) is 5.75 Å². The van der Waals surface area contributed by atoms with E-state index in [-0.39, 0.29) is 0 Å². The van der Waals surface area contributed by atoms with Gasteiger partial charge in [0.05, 0.1) is 20.8 Å². The SMILES string of the molecule is CCOc1cccc(NC(=S)NCCc2ccc(OC)c(OC)c2)c1. The number of rotatable bonds is 8. The maximum Gasteiger partial charge on any atom is 0.170 e. The molecular weight excluding hydrogens is 336 g/mol. The number of hydrogen-bond donors (Lipinski definition) is 2. The van der Waals surface area contributed by atoms with Gasteiger partial charge in [-0.3, -0.25) is 0 Å². The monoisotopic (exact) mass is 360 g/mol. The lowest BCUT2D eigenvalue weighted by atomic mass is 10.1. The summed E-state index contributed by atoms with van der Waals surface area (Å²) in [6.45, 7) is 3.31. The minimum atomic E-state index is 0.578. The number of nitrogens with one attached hydrogen (secondary N) is 2. The Labute approximate surface area is 154 Å². The number of anilines is 1. The van der Waals surface area contributed by atoms with Crippen LogP contribution < -0.4 is 24.8 Å². The van der Waals surface area contributed by atoms with Crippen molar-refractivity contribution >= 4 is 23.0 Å². The van der Waals surface area contributed by atoms with Gasteiger partial charge in [-0.2, -0.15) is 0 Å². The second-order valence-electron chi connectivity index (χ2n) is 5.28. The van der Waals surface area contributed by atoms with E-state index in [1.807, 2.05) is 49.4 Å². The highest BCUT2D eigenvalue weighted by molar-refractivity contribution is 7.80. The molecule has 0 unspecified atom stereocenters. The molecule has 0 radical (unpaired) electrons. The molecule has 25 heavy (non-hydrogen) atoms. The third-order valence-corrected chi connectivity index (χ3v) is 3.80. The molecule has 2 aromatic carbocycles. The molecule has 0 heterocycles. The Morgan fingerprint density at radius 3 is 2.56 bits per heavy atom. The van der Waals surface area contributed by atoms with E-state index in [0.29, 0.717) is 18.3 Å². The smallest absolute Gasteiger partial charge is 0.170 e. The van der Waals surface area contributed by atoms with Crippen LogP contribution in [0.5, 0.6) is 17.2 Å². The van der Waals surface area contributed by atoms with Gasteiger partial charge in [0.25, 0.3) is 0 Å². The summed E-state index contributed by atoms with van der Waals surface area (Å²) in [7, 11) is 3.26. The fourth-order valence-corrected chi connectivity index (χ4v) is 2.58. The zero-order valence-corrected chi connectivity index (χ0v) is 15.6. The van der Waals surface area contributed by atoms with Crippen LogP contribution in [-0.2, 0) is 6.42 Å². The molecule has 2 rings (SSSR count). The zero-order chi connectivity index (χ0) is 18.1. The molecule has 6 heteroatoms. The molecule has 0 aliphatic rings. The van der Waals surface area contributed by atoms with Crippen LogP contribution in [0.4, 0.5) is 5.69 Å². The van der Waals surface area contributed by atoms with Crippen molar-refractivity contribution in [2.24, 2.45) is 0 Å². The second-order valence-corrected chi connectivity index (χ2v) is 5.69. The first-order valence-corrected chi connectivity index (χ1v) is 8.55. The van der Waals surface area contributed by atoms with Crippen molar-refractivity contribution in [2.75, 3.05) is 32.7 Å². The Kier molecular flexibility index (Phi) is 7.35. The van der Waals surface area contributed by atoms with Crippen molar-refractivity contribution in [3.8, 4) is 17.2 Å². The van der Waals surface area contributed by atoms with Crippen molar-refractivity contribution in [1.82, 2.24) is 5.32 Å². The van der Waals surface area contributed by atoms with E-state index in [0.717, 1.165) is 34.9 Å². The molecule has 0 saturated heterocycles. The van der Waals surface area contributed by atoms with Gasteiger partial charge >= 0.3 is 0 Å². The van der Waals surface area contributed by atoms with Crippen LogP contribution >= 0.6 is 12.2 Å². The number of ether oxygens (including phenoxy) is 3. The maximum absolute atomic E-state index is 5.48. The first kappa shape index (κ1) is 18.9. The molecule has 0 atom stereocenters. The lowest BCUT2D eigenvalue weighted by Gasteiger charge is -2.13. The summed E-state index contributed by atoms with van der Waals surface area (Å²) in [6.07, 6.45) is 0.821. The van der Waals surface area contributed by atoms with Crippen molar-refractivity contribution in [1.29, 1.82) is 0 Å². The first-order valence-electron chi connectivity index (χ1n) is 8.15. The number of benzene rings is 2. The Morgan fingerprint density at radius 2 is 1.84 bits per heavy atom. The molecule has 2 aromatic rings. The van der Waals surface area contributed by atoms with Crippen molar-refractivity contribution in [3.63, 3.8) is 0 Å². The number of hydrogen-bond acceptors (Lipinski definition) is 4. The van der Waals surface area contributed by atoms with E-state index in [1.54, 1.807) is 14.2 Å². The summed E-state index contributed by atoms with van der Waals surface area (Å²) in [5.74, 6) is 2.28. The molecule has 0 amide bonds. The van der Waals surface area contributed by atoms with Crippen molar-refractivity contribution < 1.29 is 14.2 Å². The maximum atomic E-state index is 5.48. The van der Waals surface area contributed by atoms with Crippen LogP contribution in [0.3, 0.4) is 0 Å². The normalized spacial score (nSPS) is 10.0. The summed E-state index contributed by atoms with van der Waals surface area (Å²) in [6, 6.07) is 13.6. The second kappa shape index (κ2) is 9.74. The molecule has 0 spiro atoms. The average molecular weight is 360 g/mol. The molecular formula is C19H24N2O3S. The minimum Gasteiger partial charge on any atom is -0.494 e. The van der Waals surface area contributed by atoms with Gasteiger partial charge in [-0.05, 0) is 55.4 Å². The van der Waals surface area contributed by atoms with Gasteiger partial charge in [0, 0.05) is 18.3 Å². The van der Waals surface area contributed by atoms with E-state index in [2.05, 4.69) is 10.6 Å². The predicted octanol–water partition coefficient (Wildman–Crippen LogP) is 3.63. The topological polar surface area (TPSA) is 51.8 Å². The summed E-state index contributed by atoms with van der Waals surface area (Å²) >= 11 is 5.34. The third kappa shape index (κ3) is 5.83. The summed E-state index contributed by atoms with van der Waals surface area (Å²) in [5.41, 5.74) is 2.04. The first-order chi connectivity index (χ1) is 12.2. The lowest BCUT2D eigenvalue weighted by molar-refractivity contribution is 0.340. The quantitative estimate of drug-likeness (QED) is 0.701. The standard InChI is InChI=1S/C19H24N2O3S/c1-4-24-16-7-5-6-15(13-16)21-19(25)20-11-10-14-8-9-17(22-2)18(12-14)23-3/h5-9,12-13H,4,10-11H2,1-3H3,(H2,20,21,25). The van der Waals surface area contributed by atoms with Gasteiger partial charge in [-0.15, -0.1) is 0 Å². The summed E-state index contributed by atoms with van der Waals surface area (Å²) in [4.78, 5) is 0. The van der Waals surface area contributed by atoms with Crippen LogP contribution in [0, 0.1) is 0 Å². The average Bonchev–Trinajstić information content (AvgIpc) is 2.62. The van der Waals surface area contributed by atoms with Crippen LogP contribution in [0.1, 0.15) is 12.5 Å². The van der Waals surface area contributed by atoms with Gasteiger partial charge in [0.15, 0.2) is 16.6 Å². The van der Waals surface area contributed by atoms with E-state index in [4.69, 9.17) is 26.4 Å². The molecule has 0 aliphatic carbocycles. The van der Waals surface area contributed by atoms with Gasteiger partial charge in [0.2, 0.25) is 0 Å².